The minimum atomic E-state index is -4.22. The van der Waals surface area contributed by atoms with E-state index in [1.807, 2.05) is 6.07 Å². The van der Waals surface area contributed by atoms with Gasteiger partial charge < -0.3 is 25.3 Å². The molecule has 1 aliphatic carbocycles. The van der Waals surface area contributed by atoms with Gasteiger partial charge in [0.1, 0.15) is 17.0 Å². The van der Waals surface area contributed by atoms with E-state index in [0.29, 0.717) is 37.2 Å². The molecule has 0 aliphatic heterocycles. The van der Waals surface area contributed by atoms with Crippen LogP contribution in [-0.4, -0.2) is 51.9 Å². The second-order valence-electron chi connectivity index (χ2n) is 7.60. The number of nitrogens with zero attached hydrogens (tertiary/aromatic N) is 2. The fourth-order valence-electron chi connectivity index (χ4n) is 4.15. The molecule has 1 saturated carbocycles. The SMILES string of the molecule is COC(=O)NC(c1nc2c(cnc3[nH]ccc32)[nH]1)C1CCC(NCC(F)(F)F)CC1. The van der Waals surface area contributed by atoms with Gasteiger partial charge in [0, 0.05) is 17.6 Å². The lowest BCUT2D eigenvalue weighted by Gasteiger charge is -2.33. The Kier molecular flexibility index (Phi) is 5.54. The lowest BCUT2D eigenvalue weighted by Crippen LogP contribution is -2.42. The number of rotatable bonds is 5. The van der Waals surface area contributed by atoms with E-state index >= 15 is 0 Å². The summed E-state index contributed by atoms with van der Waals surface area (Å²) >= 11 is 0. The average Bonchev–Trinajstić information content (AvgIpc) is 3.36. The molecule has 0 radical (unpaired) electrons. The molecule has 0 aromatic carbocycles. The fourth-order valence-corrected chi connectivity index (χ4v) is 4.15. The van der Waals surface area contributed by atoms with Gasteiger partial charge in [-0.1, -0.05) is 0 Å². The zero-order chi connectivity index (χ0) is 21.3. The molecule has 0 bridgehead atoms. The fraction of sp³-hybridized carbons (Fsp3) is 0.526. The van der Waals surface area contributed by atoms with Crippen molar-refractivity contribution in [1.82, 2.24) is 30.6 Å². The molecule has 1 amide bonds. The van der Waals surface area contributed by atoms with Gasteiger partial charge in [0.05, 0.1) is 31.4 Å². The van der Waals surface area contributed by atoms with E-state index in [2.05, 4.69) is 25.6 Å². The van der Waals surface area contributed by atoms with Crippen LogP contribution >= 0.6 is 0 Å². The molecule has 3 aromatic rings. The molecular weight excluding hydrogens is 401 g/mol. The predicted octanol–water partition coefficient (Wildman–Crippen LogP) is 3.55. The first-order valence-corrected chi connectivity index (χ1v) is 9.80. The minimum absolute atomic E-state index is 0.0169. The number of aromatic amines is 2. The van der Waals surface area contributed by atoms with Crippen molar-refractivity contribution in [3.63, 3.8) is 0 Å². The Balaban J connectivity index is 1.54. The number of fused-ring (bicyclic) bond motifs is 3. The Morgan fingerprint density at radius 2 is 2.10 bits per heavy atom. The number of carbonyl (C=O) groups excluding carboxylic acids is 1. The van der Waals surface area contributed by atoms with Crippen molar-refractivity contribution in [2.75, 3.05) is 13.7 Å². The van der Waals surface area contributed by atoms with Crippen LogP contribution in [0.3, 0.4) is 0 Å². The van der Waals surface area contributed by atoms with Crippen LogP contribution in [0.4, 0.5) is 18.0 Å². The number of hydrogen-bond donors (Lipinski definition) is 4. The molecule has 162 valence electrons. The maximum Gasteiger partial charge on any atom is 0.407 e. The van der Waals surface area contributed by atoms with Gasteiger partial charge in [0.25, 0.3) is 0 Å². The zero-order valence-corrected chi connectivity index (χ0v) is 16.3. The third-order valence-electron chi connectivity index (χ3n) is 5.64. The van der Waals surface area contributed by atoms with Gasteiger partial charge in [0.2, 0.25) is 0 Å². The van der Waals surface area contributed by atoms with E-state index < -0.39 is 24.9 Å². The number of aromatic nitrogens is 4. The first kappa shape index (κ1) is 20.5. The van der Waals surface area contributed by atoms with E-state index in [9.17, 15) is 18.0 Å². The van der Waals surface area contributed by atoms with E-state index in [0.717, 1.165) is 16.4 Å². The van der Waals surface area contributed by atoms with Crippen LogP contribution in [-0.2, 0) is 4.74 Å². The summed E-state index contributed by atoms with van der Waals surface area (Å²) < 4.78 is 42.2. The van der Waals surface area contributed by atoms with Crippen LogP contribution in [0.2, 0.25) is 0 Å². The number of alkyl carbamates (subject to hydrolysis) is 1. The highest BCUT2D eigenvalue weighted by atomic mass is 19.4. The van der Waals surface area contributed by atoms with Crippen LogP contribution in [0.15, 0.2) is 18.5 Å². The number of alkyl halides is 3. The van der Waals surface area contributed by atoms with Gasteiger partial charge in [0.15, 0.2) is 0 Å². The number of halogens is 3. The Bertz CT molecular complexity index is 1020. The summed E-state index contributed by atoms with van der Waals surface area (Å²) in [6, 6.07) is 1.25. The van der Waals surface area contributed by atoms with E-state index in [1.54, 1.807) is 12.4 Å². The van der Waals surface area contributed by atoms with Crippen molar-refractivity contribution in [3.05, 3.63) is 24.3 Å². The molecular formula is C19H23F3N6O2. The van der Waals surface area contributed by atoms with Gasteiger partial charge >= 0.3 is 12.3 Å². The average molecular weight is 424 g/mol. The van der Waals surface area contributed by atoms with Crippen molar-refractivity contribution >= 4 is 28.2 Å². The molecule has 1 aliphatic rings. The lowest BCUT2D eigenvalue weighted by atomic mass is 9.81. The monoisotopic (exact) mass is 424 g/mol. The summed E-state index contributed by atoms with van der Waals surface area (Å²) in [5, 5.41) is 6.29. The van der Waals surface area contributed by atoms with Crippen molar-refractivity contribution < 1.29 is 22.7 Å². The standard InChI is InChI=1S/C19H23F3N6O2/c1-30-18(29)28-14(10-2-4-11(5-3-10)25-9-19(20,21)22)17-26-13-8-24-16-12(6-7-23-16)15(13)27-17/h6-8,10-11,14,25H,2-5,9H2,1H3,(H,23,24)(H,26,27)(H,28,29). The summed E-state index contributed by atoms with van der Waals surface area (Å²) in [4.78, 5) is 27.3. The van der Waals surface area contributed by atoms with Gasteiger partial charge in [-0.25, -0.2) is 14.8 Å². The third-order valence-corrected chi connectivity index (χ3v) is 5.64. The number of amides is 1. The molecule has 0 spiro atoms. The van der Waals surface area contributed by atoms with Gasteiger partial charge in [-0.05, 0) is 37.7 Å². The molecule has 0 saturated heterocycles. The number of methoxy groups -OCH3 is 1. The number of ether oxygens (including phenoxy) is 1. The quantitative estimate of drug-likeness (QED) is 0.501. The third kappa shape index (κ3) is 4.35. The molecule has 3 heterocycles. The Labute approximate surface area is 170 Å². The molecule has 4 N–H and O–H groups in total. The highest BCUT2D eigenvalue weighted by Gasteiger charge is 2.34. The second kappa shape index (κ2) is 8.13. The molecule has 1 unspecified atom stereocenters. The molecule has 4 rings (SSSR count). The van der Waals surface area contributed by atoms with Crippen LogP contribution < -0.4 is 10.6 Å². The van der Waals surface area contributed by atoms with Crippen molar-refractivity contribution in [1.29, 1.82) is 0 Å². The Hall–Kier alpha value is -2.82. The minimum Gasteiger partial charge on any atom is -0.453 e. The largest absolute Gasteiger partial charge is 0.453 e. The molecule has 3 aromatic heterocycles. The lowest BCUT2D eigenvalue weighted by molar-refractivity contribution is -0.126. The van der Waals surface area contributed by atoms with Gasteiger partial charge in [-0.2, -0.15) is 13.2 Å². The second-order valence-corrected chi connectivity index (χ2v) is 7.60. The zero-order valence-electron chi connectivity index (χ0n) is 16.3. The molecule has 1 atom stereocenters. The maximum atomic E-state index is 12.5. The topological polar surface area (TPSA) is 108 Å². The maximum absolute atomic E-state index is 12.5. The van der Waals surface area contributed by atoms with E-state index in [1.165, 1.54) is 7.11 Å². The highest BCUT2D eigenvalue weighted by molar-refractivity contribution is 6.00. The molecule has 8 nitrogen and oxygen atoms in total. The summed E-state index contributed by atoms with van der Waals surface area (Å²) in [7, 11) is 1.29. The van der Waals surface area contributed by atoms with E-state index in [4.69, 9.17) is 9.72 Å². The number of carbonyl (C=O) groups is 1. The number of H-pyrrole nitrogens is 2. The van der Waals surface area contributed by atoms with Crippen LogP contribution in [0.5, 0.6) is 0 Å². The van der Waals surface area contributed by atoms with Gasteiger partial charge in [-0.15, -0.1) is 0 Å². The number of imidazole rings is 1. The summed E-state index contributed by atoms with van der Waals surface area (Å²) in [6.45, 7) is -0.991. The van der Waals surface area contributed by atoms with E-state index in [-0.39, 0.29) is 12.0 Å². The normalized spacial score (nSPS) is 21.1. The Morgan fingerprint density at radius 3 is 2.80 bits per heavy atom. The van der Waals surface area contributed by atoms with Crippen molar-refractivity contribution in [2.24, 2.45) is 5.92 Å². The summed E-state index contributed by atoms with van der Waals surface area (Å²) in [6.07, 6.45) is 1.13. The molecule has 30 heavy (non-hydrogen) atoms. The van der Waals surface area contributed by atoms with Gasteiger partial charge in [-0.3, -0.25) is 0 Å². The van der Waals surface area contributed by atoms with Crippen LogP contribution in [0.1, 0.15) is 37.5 Å². The summed E-state index contributed by atoms with van der Waals surface area (Å²) in [5.41, 5.74) is 2.21. The Morgan fingerprint density at radius 1 is 1.33 bits per heavy atom. The predicted molar refractivity (Wildman–Crippen MR) is 104 cm³/mol. The summed E-state index contributed by atoms with van der Waals surface area (Å²) in [5.74, 6) is 0.598. The van der Waals surface area contributed by atoms with Crippen LogP contribution in [0.25, 0.3) is 22.1 Å². The first-order chi connectivity index (χ1) is 14.3. The first-order valence-electron chi connectivity index (χ1n) is 9.80. The number of pyridine rings is 1. The highest BCUT2D eigenvalue weighted by Crippen LogP contribution is 2.35. The van der Waals surface area contributed by atoms with Crippen molar-refractivity contribution in [3.8, 4) is 0 Å². The number of hydrogen-bond acceptors (Lipinski definition) is 5. The van der Waals surface area contributed by atoms with Crippen LogP contribution in [0, 0.1) is 5.92 Å². The number of nitrogens with one attached hydrogen (secondary N) is 4. The molecule has 1 fully saturated rings. The van der Waals surface area contributed by atoms with Crippen molar-refractivity contribution in [2.45, 2.75) is 43.9 Å². The smallest absolute Gasteiger partial charge is 0.407 e. The molecule has 11 heteroatoms.